The molecule has 0 aromatic heterocycles. The molecule has 3 amide bonds. The maximum atomic E-state index is 12.9. The molecule has 0 aliphatic carbocycles. The molecule has 9 heteroatoms. The number of imide groups is 1. The molecule has 0 atom stereocenters. The Labute approximate surface area is 170 Å². The average molecular weight is 416 g/mol. The summed E-state index contributed by atoms with van der Waals surface area (Å²) in [7, 11) is 3.01. The zero-order valence-electron chi connectivity index (χ0n) is 15.6. The molecule has 150 valence electrons. The van der Waals surface area contributed by atoms with Crippen LogP contribution < -0.4 is 14.8 Å². The lowest BCUT2D eigenvalue weighted by atomic mass is 10.2. The summed E-state index contributed by atoms with van der Waals surface area (Å²) in [5, 5.41) is 1.97. The van der Waals surface area contributed by atoms with Crippen molar-refractivity contribution in [3.05, 3.63) is 58.8 Å². The Kier molecular flexibility index (Phi) is 6.18. The third-order valence-corrected chi connectivity index (χ3v) is 4.88. The number of carbonyl (C=O) groups is 3. The molecule has 7 nitrogen and oxygen atoms in total. The van der Waals surface area contributed by atoms with Crippen LogP contribution in [0.5, 0.6) is 11.5 Å². The van der Waals surface area contributed by atoms with Gasteiger partial charge in [0.2, 0.25) is 5.91 Å². The zero-order valence-corrected chi connectivity index (χ0v) is 16.4. The molecule has 0 unspecified atom stereocenters. The minimum atomic E-state index is -0.573. The first-order valence-corrected chi connectivity index (χ1v) is 9.25. The van der Waals surface area contributed by atoms with E-state index >= 15 is 0 Å². The van der Waals surface area contributed by atoms with Crippen LogP contribution in [0.2, 0.25) is 0 Å². The van der Waals surface area contributed by atoms with Crippen molar-refractivity contribution >= 4 is 40.6 Å². The summed E-state index contributed by atoms with van der Waals surface area (Å²) < 4.78 is 23.3. The van der Waals surface area contributed by atoms with Crippen LogP contribution in [0, 0.1) is 5.82 Å². The number of rotatable bonds is 6. The van der Waals surface area contributed by atoms with Gasteiger partial charge in [-0.1, -0.05) is 0 Å². The zero-order chi connectivity index (χ0) is 21.0. The summed E-state index contributed by atoms with van der Waals surface area (Å²) >= 11 is 0.741. The molecule has 1 saturated heterocycles. The number of nitrogens with one attached hydrogen (secondary N) is 1. The number of ether oxygens (including phenoxy) is 2. The first-order chi connectivity index (χ1) is 13.9. The standard InChI is InChI=1S/C20H17FN2O5S/c1-27-15-7-12(8-16(10-15)28-2)9-17-19(25)23(20(26)29-17)11-18(24)22-14-5-3-13(21)4-6-14/h3-10H,11H2,1-2H3,(H,22,24)/b17-9+. The summed E-state index contributed by atoms with van der Waals surface area (Å²) in [6.45, 7) is -0.444. The number of thioether (sulfide) groups is 1. The largest absolute Gasteiger partial charge is 0.497 e. The number of hydrogen-bond donors (Lipinski definition) is 1. The monoisotopic (exact) mass is 416 g/mol. The summed E-state index contributed by atoms with van der Waals surface area (Å²) in [6.07, 6.45) is 1.54. The smallest absolute Gasteiger partial charge is 0.294 e. The van der Waals surface area contributed by atoms with Gasteiger partial charge < -0.3 is 14.8 Å². The molecule has 1 heterocycles. The second-order valence-corrected chi connectivity index (χ2v) is 6.96. The van der Waals surface area contributed by atoms with Crippen molar-refractivity contribution in [2.24, 2.45) is 0 Å². The van der Waals surface area contributed by atoms with Crippen molar-refractivity contribution in [2.45, 2.75) is 0 Å². The molecule has 2 aromatic rings. The highest BCUT2D eigenvalue weighted by molar-refractivity contribution is 8.18. The van der Waals surface area contributed by atoms with Crippen molar-refractivity contribution in [2.75, 3.05) is 26.1 Å². The van der Waals surface area contributed by atoms with E-state index in [4.69, 9.17) is 9.47 Å². The Morgan fingerprint density at radius 2 is 1.72 bits per heavy atom. The molecule has 1 aliphatic rings. The third kappa shape index (κ3) is 4.94. The van der Waals surface area contributed by atoms with E-state index in [0.29, 0.717) is 22.7 Å². The van der Waals surface area contributed by atoms with Gasteiger partial charge in [-0.05, 0) is 59.8 Å². The number of benzene rings is 2. The highest BCUT2D eigenvalue weighted by Crippen LogP contribution is 2.33. The van der Waals surface area contributed by atoms with E-state index in [-0.39, 0.29) is 4.91 Å². The van der Waals surface area contributed by atoms with E-state index in [9.17, 15) is 18.8 Å². The van der Waals surface area contributed by atoms with E-state index in [0.717, 1.165) is 16.7 Å². The van der Waals surface area contributed by atoms with Gasteiger partial charge in [0.1, 0.15) is 23.9 Å². The van der Waals surface area contributed by atoms with Gasteiger partial charge in [0.05, 0.1) is 19.1 Å². The molecule has 3 rings (SSSR count). The van der Waals surface area contributed by atoms with Crippen molar-refractivity contribution in [1.82, 2.24) is 4.90 Å². The molecule has 1 fully saturated rings. The molecule has 0 bridgehead atoms. The lowest BCUT2D eigenvalue weighted by Crippen LogP contribution is -2.36. The number of carbonyl (C=O) groups excluding carboxylic acids is 3. The molecule has 0 saturated carbocycles. The Balaban J connectivity index is 1.73. The van der Waals surface area contributed by atoms with Crippen molar-refractivity contribution in [3.8, 4) is 11.5 Å². The first-order valence-electron chi connectivity index (χ1n) is 8.43. The van der Waals surface area contributed by atoms with E-state index in [2.05, 4.69) is 5.32 Å². The van der Waals surface area contributed by atoms with Crippen LogP contribution in [0.4, 0.5) is 14.9 Å². The first kappa shape index (κ1) is 20.4. The second-order valence-electron chi connectivity index (χ2n) is 5.97. The van der Waals surface area contributed by atoms with Crippen molar-refractivity contribution < 1.29 is 28.2 Å². The molecule has 1 aliphatic heterocycles. The van der Waals surface area contributed by atoms with E-state index in [1.54, 1.807) is 18.2 Å². The number of hydrogen-bond acceptors (Lipinski definition) is 6. The second kappa shape index (κ2) is 8.78. The average Bonchev–Trinajstić information content (AvgIpc) is 2.96. The maximum absolute atomic E-state index is 12.9. The Bertz CT molecular complexity index is 969. The number of methoxy groups -OCH3 is 2. The van der Waals surface area contributed by atoms with Gasteiger partial charge in [-0.3, -0.25) is 19.3 Å². The number of anilines is 1. The van der Waals surface area contributed by atoms with Gasteiger partial charge in [-0.2, -0.15) is 0 Å². The maximum Gasteiger partial charge on any atom is 0.294 e. The van der Waals surface area contributed by atoms with E-state index < -0.39 is 29.4 Å². The molecular weight excluding hydrogens is 399 g/mol. The topological polar surface area (TPSA) is 84.9 Å². The van der Waals surface area contributed by atoms with Gasteiger partial charge >= 0.3 is 0 Å². The Morgan fingerprint density at radius 1 is 1.10 bits per heavy atom. The summed E-state index contributed by atoms with van der Waals surface area (Å²) in [5.74, 6) is -0.505. The van der Waals surface area contributed by atoms with Crippen LogP contribution in [0.1, 0.15) is 5.56 Å². The van der Waals surface area contributed by atoms with Crippen molar-refractivity contribution in [1.29, 1.82) is 0 Å². The minimum Gasteiger partial charge on any atom is -0.497 e. The Hall–Kier alpha value is -3.33. The molecule has 2 aromatic carbocycles. The SMILES string of the molecule is COc1cc(/C=C2/SC(=O)N(CC(=O)Nc3ccc(F)cc3)C2=O)cc(OC)c1. The number of amides is 3. The van der Waals surface area contributed by atoms with Crippen LogP contribution in [0.3, 0.4) is 0 Å². The van der Waals surface area contributed by atoms with Crippen LogP contribution in [-0.4, -0.2) is 42.7 Å². The predicted octanol–water partition coefficient (Wildman–Crippen LogP) is 3.52. The van der Waals surface area contributed by atoms with Crippen LogP contribution in [0.15, 0.2) is 47.4 Å². The Morgan fingerprint density at radius 3 is 2.31 bits per heavy atom. The molecule has 0 spiro atoms. The fourth-order valence-electron chi connectivity index (χ4n) is 2.58. The fraction of sp³-hybridized carbons (Fsp3) is 0.150. The normalized spacial score (nSPS) is 15.0. The predicted molar refractivity (Wildman–Crippen MR) is 107 cm³/mol. The summed E-state index contributed by atoms with van der Waals surface area (Å²) in [6, 6.07) is 10.2. The fourth-order valence-corrected chi connectivity index (χ4v) is 3.42. The molecule has 0 radical (unpaired) electrons. The van der Waals surface area contributed by atoms with E-state index in [1.807, 2.05) is 0 Å². The summed E-state index contributed by atoms with van der Waals surface area (Å²) in [5.41, 5.74) is 0.977. The lowest BCUT2D eigenvalue weighted by Gasteiger charge is -2.12. The lowest BCUT2D eigenvalue weighted by molar-refractivity contribution is -0.127. The van der Waals surface area contributed by atoms with Gasteiger partial charge in [-0.15, -0.1) is 0 Å². The van der Waals surface area contributed by atoms with E-state index in [1.165, 1.54) is 44.6 Å². The number of nitrogens with zero attached hydrogens (tertiary/aromatic N) is 1. The highest BCUT2D eigenvalue weighted by Gasteiger charge is 2.36. The summed E-state index contributed by atoms with van der Waals surface area (Å²) in [4.78, 5) is 38.0. The van der Waals surface area contributed by atoms with Gasteiger partial charge in [0, 0.05) is 11.8 Å². The highest BCUT2D eigenvalue weighted by atomic mass is 32.2. The quantitative estimate of drug-likeness (QED) is 0.726. The minimum absolute atomic E-state index is 0.180. The van der Waals surface area contributed by atoms with Crippen LogP contribution in [-0.2, 0) is 9.59 Å². The van der Waals surface area contributed by atoms with Gasteiger partial charge in [-0.25, -0.2) is 4.39 Å². The molecule has 1 N–H and O–H groups in total. The number of halogens is 1. The third-order valence-electron chi connectivity index (χ3n) is 3.97. The van der Waals surface area contributed by atoms with Crippen LogP contribution in [0.25, 0.3) is 6.08 Å². The van der Waals surface area contributed by atoms with Crippen LogP contribution >= 0.6 is 11.8 Å². The van der Waals surface area contributed by atoms with Gasteiger partial charge in [0.25, 0.3) is 11.1 Å². The van der Waals surface area contributed by atoms with Gasteiger partial charge in [0.15, 0.2) is 0 Å². The van der Waals surface area contributed by atoms with Crippen molar-refractivity contribution in [3.63, 3.8) is 0 Å². The molecule has 29 heavy (non-hydrogen) atoms. The molecular formula is C20H17FN2O5S.